The number of carbonyl (C=O) groups excluding carboxylic acids is 1. The Bertz CT molecular complexity index is 1100. The molecule has 0 spiro atoms. The predicted molar refractivity (Wildman–Crippen MR) is 126 cm³/mol. The first kappa shape index (κ1) is 19.3. The third-order valence-electron chi connectivity index (χ3n) is 4.68. The smallest absolute Gasteiger partial charge is 0.270 e. The topological polar surface area (TPSA) is 25.2 Å². The van der Waals surface area contributed by atoms with E-state index in [9.17, 15) is 4.79 Å². The van der Waals surface area contributed by atoms with Crippen molar-refractivity contribution in [2.45, 2.75) is 24.8 Å². The highest BCUT2D eigenvalue weighted by atomic mass is 32.2. The molecule has 0 N–H and O–H groups in total. The minimum Gasteiger partial charge on any atom is -0.347 e. The summed E-state index contributed by atoms with van der Waals surface area (Å²) >= 11 is 8.55. The van der Waals surface area contributed by atoms with Crippen molar-refractivity contribution in [1.29, 1.82) is 0 Å². The summed E-state index contributed by atoms with van der Waals surface area (Å²) < 4.78 is 2.83. The second-order valence-corrected chi connectivity index (χ2v) is 9.07. The number of thioether (sulfide) groups is 2. The number of anilines is 1. The van der Waals surface area contributed by atoms with Crippen LogP contribution in [0.25, 0.3) is 17.0 Å². The average Bonchev–Trinajstić information content (AvgIpc) is 3.19. The van der Waals surface area contributed by atoms with Gasteiger partial charge in [-0.2, -0.15) is 0 Å². The van der Waals surface area contributed by atoms with Gasteiger partial charge < -0.3 is 4.57 Å². The molecule has 0 atom stereocenters. The van der Waals surface area contributed by atoms with Crippen molar-refractivity contribution < 1.29 is 4.79 Å². The normalized spacial score (nSPS) is 15.9. The number of aromatic nitrogens is 1. The minimum atomic E-state index is -0.0550. The van der Waals surface area contributed by atoms with Crippen LogP contribution in [0.1, 0.15) is 18.9 Å². The average molecular weight is 425 g/mol. The van der Waals surface area contributed by atoms with Crippen LogP contribution in [-0.4, -0.2) is 21.1 Å². The van der Waals surface area contributed by atoms with Gasteiger partial charge in [-0.05, 0) is 43.0 Å². The summed E-state index contributed by atoms with van der Waals surface area (Å²) in [6.07, 6.45) is 7.20. The molecule has 0 radical (unpaired) electrons. The molecule has 2 aromatic carbocycles. The van der Waals surface area contributed by atoms with Crippen molar-refractivity contribution in [2.24, 2.45) is 0 Å². The van der Waals surface area contributed by atoms with Crippen LogP contribution in [-0.2, 0) is 11.3 Å². The molecule has 3 aromatic rings. The first-order valence-corrected chi connectivity index (χ1v) is 11.6. The monoisotopic (exact) mass is 424 g/mol. The fourth-order valence-corrected chi connectivity index (χ4v) is 5.14. The van der Waals surface area contributed by atoms with Crippen LogP contribution < -0.4 is 4.90 Å². The molecule has 1 aliphatic heterocycles. The summed E-state index contributed by atoms with van der Waals surface area (Å²) in [5.41, 5.74) is 3.08. The summed E-state index contributed by atoms with van der Waals surface area (Å²) in [4.78, 5) is 16.5. The molecule has 1 aliphatic rings. The van der Waals surface area contributed by atoms with Gasteiger partial charge in [-0.15, -0.1) is 11.8 Å². The van der Waals surface area contributed by atoms with Gasteiger partial charge in [0.1, 0.15) is 0 Å². The minimum absolute atomic E-state index is 0.0550. The maximum atomic E-state index is 13.1. The number of thiocarbonyl (C=S) groups is 1. The SMILES string of the molecule is CCCn1cc(/C=C2\SC(=S)N(c3cccc(SC)c3)C2=O)c2ccccc21. The van der Waals surface area contributed by atoms with E-state index in [1.807, 2.05) is 42.7 Å². The summed E-state index contributed by atoms with van der Waals surface area (Å²) in [6, 6.07) is 16.3. The zero-order chi connectivity index (χ0) is 19.7. The standard InChI is InChI=1S/C22H20N2OS3/c1-3-11-23-14-15(18-9-4-5-10-19(18)23)12-20-21(25)24(22(26)28-20)16-7-6-8-17(13-16)27-2/h4-10,12-14H,3,11H2,1-2H3/b20-12-. The molecule has 0 bridgehead atoms. The lowest BCUT2D eigenvalue weighted by Crippen LogP contribution is -2.27. The zero-order valence-corrected chi connectivity index (χ0v) is 18.2. The second-order valence-electron chi connectivity index (χ2n) is 6.51. The van der Waals surface area contributed by atoms with E-state index in [1.54, 1.807) is 16.7 Å². The fraction of sp³-hybridized carbons (Fsp3) is 0.182. The first-order valence-electron chi connectivity index (χ1n) is 9.12. The molecule has 6 heteroatoms. The van der Waals surface area contributed by atoms with E-state index in [2.05, 4.69) is 35.9 Å². The molecule has 1 amide bonds. The maximum absolute atomic E-state index is 13.1. The van der Waals surface area contributed by atoms with Crippen LogP contribution >= 0.6 is 35.7 Å². The number of aryl methyl sites for hydroxylation is 1. The highest BCUT2D eigenvalue weighted by Crippen LogP contribution is 2.38. The quantitative estimate of drug-likeness (QED) is 0.277. The molecule has 4 rings (SSSR count). The Hall–Kier alpha value is -2.02. The number of hydrogen-bond acceptors (Lipinski definition) is 4. The zero-order valence-electron chi connectivity index (χ0n) is 15.7. The molecule has 1 fully saturated rings. The van der Waals surface area contributed by atoms with E-state index >= 15 is 0 Å². The lowest BCUT2D eigenvalue weighted by Gasteiger charge is -2.15. The van der Waals surface area contributed by atoms with Crippen molar-refractivity contribution in [3.63, 3.8) is 0 Å². The first-order chi connectivity index (χ1) is 13.6. The van der Waals surface area contributed by atoms with Crippen molar-refractivity contribution in [1.82, 2.24) is 4.57 Å². The summed E-state index contributed by atoms with van der Waals surface area (Å²) in [5.74, 6) is -0.0550. The van der Waals surface area contributed by atoms with E-state index < -0.39 is 0 Å². The van der Waals surface area contributed by atoms with E-state index in [0.717, 1.165) is 34.5 Å². The predicted octanol–water partition coefficient (Wildman–Crippen LogP) is 6.18. The molecule has 28 heavy (non-hydrogen) atoms. The van der Waals surface area contributed by atoms with Crippen molar-refractivity contribution in [3.05, 3.63) is 65.2 Å². The van der Waals surface area contributed by atoms with E-state index in [1.165, 1.54) is 17.3 Å². The number of para-hydroxylation sites is 1. The van der Waals surface area contributed by atoms with E-state index in [4.69, 9.17) is 12.2 Å². The Morgan fingerprint density at radius 3 is 2.79 bits per heavy atom. The van der Waals surface area contributed by atoms with Gasteiger partial charge in [0.05, 0.1) is 10.6 Å². The van der Waals surface area contributed by atoms with Crippen LogP contribution in [0.3, 0.4) is 0 Å². The number of rotatable bonds is 5. The van der Waals surface area contributed by atoms with E-state index in [-0.39, 0.29) is 5.91 Å². The molecule has 142 valence electrons. The van der Waals surface area contributed by atoms with Gasteiger partial charge in [0.2, 0.25) is 0 Å². The van der Waals surface area contributed by atoms with Crippen molar-refractivity contribution >= 4 is 68.6 Å². The Morgan fingerprint density at radius 1 is 1.18 bits per heavy atom. The van der Waals surface area contributed by atoms with Crippen LogP contribution in [0, 0.1) is 0 Å². The van der Waals surface area contributed by atoms with Gasteiger partial charge in [-0.25, -0.2) is 0 Å². The number of carbonyl (C=O) groups is 1. The maximum Gasteiger partial charge on any atom is 0.270 e. The third-order valence-corrected chi connectivity index (χ3v) is 6.70. The molecular weight excluding hydrogens is 404 g/mol. The summed E-state index contributed by atoms with van der Waals surface area (Å²) in [7, 11) is 0. The Labute approximate surface area is 178 Å². The lowest BCUT2D eigenvalue weighted by atomic mass is 10.1. The largest absolute Gasteiger partial charge is 0.347 e. The second kappa shape index (κ2) is 8.15. The molecular formula is C22H20N2OS3. The molecule has 3 nitrogen and oxygen atoms in total. The molecule has 2 heterocycles. The number of hydrogen-bond donors (Lipinski definition) is 0. The van der Waals surface area contributed by atoms with Gasteiger partial charge >= 0.3 is 0 Å². The van der Waals surface area contributed by atoms with E-state index in [0.29, 0.717) is 9.23 Å². The van der Waals surface area contributed by atoms with Gasteiger partial charge in [-0.3, -0.25) is 9.69 Å². The Morgan fingerprint density at radius 2 is 2.00 bits per heavy atom. The number of nitrogens with zero attached hydrogens (tertiary/aromatic N) is 2. The summed E-state index contributed by atoms with van der Waals surface area (Å²) in [5, 5.41) is 1.16. The third kappa shape index (κ3) is 3.52. The molecule has 1 saturated heterocycles. The molecule has 0 aliphatic carbocycles. The summed E-state index contributed by atoms with van der Waals surface area (Å²) in [6.45, 7) is 3.12. The van der Waals surface area contributed by atoms with Gasteiger partial charge in [-0.1, -0.05) is 55.2 Å². The molecule has 0 unspecified atom stereocenters. The number of amides is 1. The van der Waals surface area contributed by atoms with Crippen molar-refractivity contribution in [2.75, 3.05) is 11.2 Å². The van der Waals surface area contributed by atoms with Crippen molar-refractivity contribution in [3.8, 4) is 0 Å². The highest BCUT2D eigenvalue weighted by molar-refractivity contribution is 8.27. The van der Waals surface area contributed by atoms with Crippen LogP contribution in [0.2, 0.25) is 0 Å². The fourth-order valence-electron chi connectivity index (χ4n) is 3.40. The van der Waals surface area contributed by atoms with Crippen LogP contribution in [0.15, 0.2) is 64.5 Å². The lowest BCUT2D eigenvalue weighted by molar-refractivity contribution is -0.113. The van der Waals surface area contributed by atoms with Gasteiger partial charge in [0.15, 0.2) is 4.32 Å². The Balaban J connectivity index is 1.73. The number of benzene rings is 2. The molecule has 1 aromatic heterocycles. The van der Waals surface area contributed by atoms with Gasteiger partial charge in [0, 0.05) is 34.1 Å². The molecule has 0 saturated carbocycles. The number of fused-ring (bicyclic) bond motifs is 1. The van der Waals surface area contributed by atoms with Crippen LogP contribution in [0.4, 0.5) is 5.69 Å². The highest BCUT2D eigenvalue weighted by Gasteiger charge is 2.33. The van der Waals surface area contributed by atoms with Gasteiger partial charge in [0.25, 0.3) is 5.91 Å². The van der Waals surface area contributed by atoms with Crippen LogP contribution in [0.5, 0.6) is 0 Å². The Kier molecular flexibility index (Phi) is 5.62.